The summed E-state index contributed by atoms with van der Waals surface area (Å²) < 4.78 is 0. The summed E-state index contributed by atoms with van der Waals surface area (Å²) in [5.74, 6) is 2.08. The molecule has 0 aliphatic heterocycles. The molecule has 1 aromatic rings. The summed E-state index contributed by atoms with van der Waals surface area (Å²) in [5.41, 5.74) is 0.281. The van der Waals surface area contributed by atoms with Crippen LogP contribution in [0.4, 0.5) is 5.69 Å². The molecule has 4 heteroatoms. The number of nitrogens with zero attached hydrogens (tertiary/aromatic N) is 1. The number of benzene rings is 1. The molecule has 1 rings (SSSR count). The monoisotopic (exact) mass is 177 g/mol. The highest BCUT2D eigenvalue weighted by molar-refractivity contribution is 5.37. The fourth-order valence-corrected chi connectivity index (χ4v) is 0.905. The maximum Gasteiger partial charge on any atom is 0.269 e. The van der Waals surface area contributed by atoms with Crippen molar-refractivity contribution >= 4 is 5.69 Å². The van der Waals surface area contributed by atoms with Crippen LogP contribution >= 0.6 is 0 Å². The van der Waals surface area contributed by atoms with E-state index in [0.29, 0.717) is 5.56 Å². The van der Waals surface area contributed by atoms with Crippen LogP contribution in [0.25, 0.3) is 0 Å². The van der Waals surface area contributed by atoms with Gasteiger partial charge in [-0.25, -0.2) is 0 Å². The van der Waals surface area contributed by atoms with Gasteiger partial charge in [0.2, 0.25) is 0 Å². The average Bonchev–Trinajstić information content (AvgIpc) is 2.17. The first-order chi connectivity index (χ1) is 6.15. The lowest BCUT2D eigenvalue weighted by molar-refractivity contribution is -0.385. The quantitative estimate of drug-likeness (QED) is 0.420. The van der Waals surface area contributed by atoms with E-state index in [2.05, 4.69) is 5.92 Å². The number of nitro groups is 1. The van der Waals surface area contributed by atoms with Crippen LogP contribution in [-0.2, 0) is 0 Å². The normalized spacial score (nSPS) is 11.7. The minimum absolute atomic E-state index is 0.0770. The van der Waals surface area contributed by atoms with Crippen molar-refractivity contribution in [3.8, 4) is 12.3 Å². The molecule has 1 aromatic carbocycles. The smallest absolute Gasteiger partial charge is 0.269 e. The maximum absolute atomic E-state index is 10.3. The third kappa shape index (κ3) is 2.04. The summed E-state index contributed by atoms with van der Waals surface area (Å²) in [6.07, 6.45) is 3.88. The molecule has 0 unspecified atom stereocenters. The van der Waals surface area contributed by atoms with Crippen molar-refractivity contribution in [2.45, 2.75) is 6.10 Å². The average molecular weight is 177 g/mol. The van der Waals surface area contributed by atoms with E-state index >= 15 is 0 Å². The van der Waals surface area contributed by atoms with Crippen molar-refractivity contribution < 1.29 is 10.0 Å². The van der Waals surface area contributed by atoms with E-state index < -0.39 is 11.0 Å². The van der Waals surface area contributed by atoms with Crippen molar-refractivity contribution in [1.82, 2.24) is 0 Å². The molecular weight excluding hydrogens is 170 g/mol. The first-order valence-electron chi connectivity index (χ1n) is 3.53. The first kappa shape index (κ1) is 9.23. The fourth-order valence-electron chi connectivity index (χ4n) is 0.905. The van der Waals surface area contributed by atoms with E-state index in [1.54, 1.807) is 0 Å². The third-order valence-corrected chi connectivity index (χ3v) is 1.55. The van der Waals surface area contributed by atoms with Crippen LogP contribution < -0.4 is 0 Å². The van der Waals surface area contributed by atoms with Crippen molar-refractivity contribution in [2.75, 3.05) is 0 Å². The molecule has 0 fully saturated rings. The Morgan fingerprint density at radius 3 is 2.85 bits per heavy atom. The Bertz CT molecular complexity index is 367. The van der Waals surface area contributed by atoms with Crippen LogP contribution in [0, 0.1) is 22.5 Å². The minimum Gasteiger partial charge on any atom is -0.376 e. The summed E-state index contributed by atoms with van der Waals surface area (Å²) in [5, 5.41) is 19.5. The van der Waals surface area contributed by atoms with Crippen LogP contribution in [-0.4, -0.2) is 10.0 Å². The van der Waals surface area contributed by atoms with Gasteiger partial charge in [-0.3, -0.25) is 10.1 Å². The van der Waals surface area contributed by atoms with Gasteiger partial charge in [-0.05, 0) is 5.56 Å². The number of rotatable bonds is 2. The lowest BCUT2D eigenvalue weighted by Crippen LogP contribution is -1.95. The summed E-state index contributed by atoms with van der Waals surface area (Å²) in [6.45, 7) is 0. The molecule has 0 radical (unpaired) electrons. The van der Waals surface area contributed by atoms with E-state index in [4.69, 9.17) is 6.42 Å². The lowest BCUT2D eigenvalue weighted by atomic mass is 10.1. The molecule has 0 amide bonds. The van der Waals surface area contributed by atoms with Gasteiger partial charge >= 0.3 is 0 Å². The summed E-state index contributed by atoms with van der Waals surface area (Å²) in [6, 6.07) is 5.61. The number of hydrogen-bond donors (Lipinski definition) is 1. The van der Waals surface area contributed by atoms with Crippen LogP contribution in [0.5, 0.6) is 0 Å². The Morgan fingerprint density at radius 1 is 1.62 bits per heavy atom. The molecule has 0 spiro atoms. The largest absolute Gasteiger partial charge is 0.376 e. The van der Waals surface area contributed by atoms with Crippen LogP contribution in [0.2, 0.25) is 0 Å². The van der Waals surface area contributed by atoms with E-state index in [1.165, 1.54) is 24.3 Å². The molecular formula is C9H7NO3. The Kier molecular flexibility index (Phi) is 2.62. The van der Waals surface area contributed by atoms with Crippen LogP contribution in [0.1, 0.15) is 11.7 Å². The second kappa shape index (κ2) is 3.70. The zero-order valence-electron chi connectivity index (χ0n) is 6.68. The molecule has 1 atom stereocenters. The van der Waals surface area contributed by atoms with Gasteiger partial charge in [-0.2, -0.15) is 0 Å². The summed E-state index contributed by atoms with van der Waals surface area (Å²) >= 11 is 0. The van der Waals surface area contributed by atoms with E-state index in [0.717, 1.165) is 0 Å². The number of terminal acetylenes is 1. The van der Waals surface area contributed by atoms with Crippen LogP contribution in [0.3, 0.4) is 0 Å². The molecule has 0 heterocycles. The van der Waals surface area contributed by atoms with Crippen molar-refractivity contribution in [2.24, 2.45) is 0 Å². The zero-order chi connectivity index (χ0) is 9.84. The molecule has 0 aliphatic rings. The van der Waals surface area contributed by atoms with Gasteiger partial charge < -0.3 is 5.11 Å². The van der Waals surface area contributed by atoms with E-state index in [1.807, 2.05) is 0 Å². The highest BCUT2D eigenvalue weighted by atomic mass is 16.6. The number of aliphatic hydroxyl groups is 1. The number of hydrogen-bond acceptors (Lipinski definition) is 3. The third-order valence-electron chi connectivity index (χ3n) is 1.55. The van der Waals surface area contributed by atoms with Gasteiger partial charge in [0.15, 0.2) is 0 Å². The fraction of sp³-hybridized carbons (Fsp3) is 0.111. The highest BCUT2D eigenvalue weighted by Crippen LogP contribution is 2.18. The standard InChI is InChI=1S/C9H7NO3/c1-2-9(11)7-4-3-5-8(6-7)10(12)13/h1,3-6,9,11H/t9-/m1/s1. The number of nitro benzene ring substituents is 1. The summed E-state index contributed by atoms with van der Waals surface area (Å²) in [4.78, 5) is 9.80. The molecule has 0 bridgehead atoms. The first-order valence-corrected chi connectivity index (χ1v) is 3.53. The van der Waals surface area contributed by atoms with Crippen molar-refractivity contribution in [1.29, 1.82) is 0 Å². The predicted octanol–water partition coefficient (Wildman–Crippen LogP) is 1.26. The van der Waals surface area contributed by atoms with Gasteiger partial charge in [-0.1, -0.05) is 18.1 Å². The predicted molar refractivity (Wildman–Crippen MR) is 46.9 cm³/mol. The molecule has 0 aliphatic carbocycles. The van der Waals surface area contributed by atoms with E-state index in [9.17, 15) is 15.2 Å². The molecule has 1 N–H and O–H groups in total. The molecule has 0 saturated heterocycles. The van der Waals surface area contributed by atoms with Gasteiger partial charge in [0.25, 0.3) is 5.69 Å². The summed E-state index contributed by atoms with van der Waals surface area (Å²) in [7, 11) is 0. The highest BCUT2D eigenvalue weighted by Gasteiger charge is 2.09. The van der Waals surface area contributed by atoms with E-state index in [-0.39, 0.29) is 5.69 Å². The van der Waals surface area contributed by atoms with Gasteiger partial charge in [0.05, 0.1) is 4.92 Å². The number of aliphatic hydroxyl groups excluding tert-OH is 1. The van der Waals surface area contributed by atoms with Gasteiger partial charge in [-0.15, -0.1) is 6.42 Å². The van der Waals surface area contributed by atoms with Crippen LogP contribution in [0.15, 0.2) is 24.3 Å². The van der Waals surface area contributed by atoms with Crippen molar-refractivity contribution in [3.63, 3.8) is 0 Å². The Labute approximate surface area is 75.0 Å². The molecule has 66 valence electrons. The Balaban J connectivity index is 3.07. The lowest BCUT2D eigenvalue weighted by Gasteiger charge is -2.01. The SMILES string of the molecule is C#C[C@@H](O)c1cccc([N+](=O)[O-])c1. The Morgan fingerprint density at radius 2 is 2.31 bits per heavy atom. The number of non-ortho nitro benzene ring substituents is 1. The Hall–Kier alpha value is -1.86. The molecule has 13 heavy (non-hydrogen) atoms. The molecule has 0 aromatic heterocycles. The molecule has 0 saturated carbocycles. The molecule has 4 nitrogen and oxygen atoms in total. The topological polar surface area (TPSA) is 63.4 Å². The van der Waals surface area contributed by atoms with Gasteiger partial charge in [0, 0.05) is 12.1 Å². The van der Waals surface area contributed by atoms with Gasteiger partial charge in [0.1, 0.15) is 6.10 Å². The maximum atomic E-state index is 10.3. The zero-order valence-corrected chi connectivity index (χ0v) is 6.68. The van der Waals surface area contributed by atoms with Crippen molar-refractivity contribution in [3.05, 3.63) is 39.9 Å². The second-order valence-electron chi connectivity index (χ2n) is 2.42. The minimum atomic E-state index is -1.08. The second-order valence-corrected chi connectivity index (χ2v) is 2.42.